The Hall–Kier alpha value is -4.11. The summed E-state index contributed by atoms with van der Waals surface area (Å²) >= 11 is 6.19. The Morgan fingerprint density at radius 1 is 1.11 bits per heavy atom. The summed E-state index contributed by atoms with van der Waals surface area (Å²) in [5.74, 6) is -3.04. The van der Waals surface area contributed by atoms with E-state index in [1.807, 2.05) is 13.8 Å². The summed E-state index contributed by atoms with van der Waals surface area (Å²) in [5.41, 5.74) is 5.29. The van der Waals surface area contributed by atoms with Crippen molar-refractivity contribution in [3.8, 4) is 0 Å². The number of nitrogens with two attached hydrogens (primary N) is 1. The Morgan fingerprint density at radius 2 is 1.81 bits per heavy atom. The third kappa shape index (κ3) is 3.37. The minimum atomic E-state index is -2.00. The average Bonchev–Trinajstić information content (AvgIpc) is 3.25. The number of ether oxygens (including phenoxy) is 1. The van der Waals surface area contributed by atoms with Gasteiger partial charge in [0.25, 0.3) is 11.8 Å². The first-order valence-electron chi connectivity index (χ1n) is 11.9. The van der Waals surface area contributed by atoms with Gasteiger partial charge in [0, 0.05) is 28.5 Å². The van der Waals surface area contributed by atoms with Crippen LogP contribution >= 0.6 is 11.6 Å². The van der Waals surface area contributed by atoms with Crippen LogP contribution < -0.4 is 16.0 Å². The molecule has 2 aromatic carbocycles. The van der Waals surface area contributed by atoms with Crippen LogP contribution in [0.5, 0.6) is 0 Å². The summed E-state index contributed by atoms with van der Waals surface area (Å²) in [6.45, 7) is 5.50. The number of hydrogen-bond donors (Lipinski definition) is 2. The van der Waals surface area contributed by atoms with Gasteiger partial charge in [0.05, 0.1) is 12.2 Å². The molecule has 0 aromatic heterocycles. The predicted octanol–water partition coefficient (Wildman–Crippen LogP) is 3.06. The molecule has 2 aromatic rings. The lowest BCUT2D eigenvalue weighted by Crippen LogP contribution is -2.51. The number of rotatable bonds is 5. The van der Waals surface area contributed by atoms with Crippen molar-refractivity contribution in [3.63, 3.8) is 0 Å². The Kier molecular flexibility index (Phi) is 5.83. The number of hydrogen-bond acceptors (Lipinski definition) is 7. The van der Waals surface area contributed by atoms with Gasteiger partial charge in [-0.2, -0.15) is 0 Å². The highest BCUT2D eigenvalue weighted by molar-refractivity contribution is 6.33. The summed E-state index contributed by atoms with van der Waals surface area (Å²) in [4.78, 5) is 58.0. The van der Waals surface area contributed by atoms with Gasteiger partial charge >= 0.3 is 5.97 Å². The zero-order valence-corrected chi connectivity index (χ0v) is 21.3. The molecule has 3 amide bonds. The van der Waals surface area contributed by atoms with Gasteiger partial charge in [-0.1, -0.05) is 49.7 Å². The van der Waals surface area contributed by atoms with Crippen LogP contribution in [0.2, 0.25) is 5.02 Å². The molecule has 10 heteroatoms. The molecule has 5 rings (SSSR count). The van der Waals surface area contributed by atoms with E-state index >= 15 is 0 Å². The van der Waals surface area contributed by atoms with Crippen LogP contribution in [0.25, 0.3) is 0 Å². The molecule has 0 bridgehead atoms. The largest absolute Gasteiger partial charge is 0.462 e. The van der Waals surface area contributed by atoms with E-state index in [1.54, 1.807) is 49.4 Å². The van der Waals surface area contributed by atoms with Crippen molar-refractivity contribution < 1.29 is 23.9 Å². The van der Waals surface area contributed by atoms with Crippen LogP contribution in [0.4, 0.5) is 11.4 Å². The Morgan fingerprint density at radius 3 is 2.46 bits per heavy atom. The lowest BCUT2D eigenvalue weighted by atomic mass is 9.66. The van der Waals surface area contributed by atoms with E-state index in [2.05, 4.69) is 5.32 Å². The molecule has 0 fully saturated rings. The number of carbonyl (C=O) groups excluding carboxylic acids is 4. The van der Waals surface area contributed by atoms with Crippen molar-refractivity contribution in [1.82, 2.24) is 4.90 Å². The number of nitrogens with zero attached hydrogens (tertiary/aromatic N) is 2. The first-order chi connectivity index (χ1) is 17.6. The van der Waals surface area contributed by atoms with Gasteiger partial charge in [0.1, 0.15) is 22.5 Å². The van der Waals surface area contributed by atoms with Gasteiger partial charge in [0.2, 0.25) is 5.91 Å². The highest BCUT2D eigenvalue weighted by Gasteiger charge is 2.65. The highest BCUT2D eigenvalue weighted by Crippen LogP contribution is 2.56. The number of benzene rings is 2. The van der Waals surface area contributed by atoms with Crippen molar-refractivity contribution in [2.45, 2.75) is 26.2 Å². The molecule has 0 saturated carbocycles. The number of para-hydroxylation sites is 1. The van der Waals surface area contributed by atoms with Crippen molar-refractivity contribution >= 4 is 46.7 Å². The van der Waals surface area contributed by atoms with Crippen LogP contribution in [0.3, 0.4) is 0 Å². The van der Waals surface area contributed by atoms with Crippen LogP contribution in [-0.4, -0.2) is 41.7 Å². The number of amides is 3. The number of anilines is 2. The van der Waals surface area contributed by atoms with Crippen molar-refractivity contribution in [1.29, 1.82) is 0 Å². The van der Waals surface area contributed by atoms with Crippen molar-refractivity contribution in [2.75, 3.05) is 23.4 Å². The molecule has 0 saturated heterocycles. The lowest BCUT2D eigenvalue weighted by molar-refractivity contribution is -0.140. The molecule has 0 unspecified atom stereocenters. The molecule has 0 aliphatic carbocycles. The van der Waals surface area contributed by atoms with E-state index in [-0.39, 0.29) is 41.7 Å². The summed E-state index contributed by atoms with van der Waals surface area (Å²) in [6.07, 6.45) is 0. The van der Waals surface area contributed by atoms with Gasteiger partial charge in [-0.05, 0) is 37.1 Å². The Bertz CT molecular complexity index is 1430. The van der Waals surface area contributed by atoms with Crippen molar-refractivity contribution in [2.24, 2.45) is 11.7 Å². The topological polar surface area (TPSA) is 122 Å². The molecule has 0 radical (unpaired) electrons. The van der Waals surface area contributed by atoms with E-state index in [9.17, 15) is 19.2 Å². The number of fused-ring (bicyclic) bond motifs is 3. The van der Waals surface area contributed by atoms with Crippen molar-refractivity contribution in [3.05, 3.63) is 81.8 Å². The number of imide groups is 1. The SMILES string of the molecule is CCOC(=O)C1=C(N)N(c2ccccc2)C2=C(C(=O)N(CC(C)C)C2=O)[C@]12C(=O)Nc1cc(Cl)ccc12. The molecule has 3 aliphatic rings. The van der Waals surface area contributed by atoms with Crippen LogP contribution in [0.15, 0.2) is 71.2 Å². The van der Waals surface area contributed by atoms with E-state index in [1.165, 1.54) is 11.0 Å². The molecule has 1 spiro atoms. The standard InChI is InChI=1S/C27H25ClN4O5/c1-4-37-25(35)20-22(29)32(16-8-6-5-7-9-16)21-19(23(33)31(24(21)34)13-14(2)3)27(20)17-11-10-15(28)12-18(17)30-26(27)36/h5-12,14H,4,13,29H2,1-3H3,(H,30,36)/t27-/m0/s1. The van der Waals surface area contributed by atoms with E-state index in [4.69, 9.17) is 22.1 Å². The third-order valence-corrected chi connectivity index (χ3v) is 6.87. The van der Waals surface area contributed by atoms with Gasteiger partial charge in [-0.15, -0.1) is 0 Å². The van der Waals surface area contributed by atoms with Gasteiger partial charge in [0.15, 0.2) is 0 Å². The molecule has 9 nitrogen and oxygen atoms in total. The number of halogens is 1. The smallest absolute Gasteiger partial charge is 0.339 e. The maximum atomic E-state index is 14.1. The monoisotopic (exact) mass is 520 g/mol. The molecular weight excluding hydrogens is 496 g/mol. The first kappa shape index (κ1) is 24.6. The predicted molar refractivity (Wildman–Crippen MR) is 137 cm³/mol. The second-order valence-corrected chi connectivity index (χ2v) is 9.82. The van der Waals surface area contributed by atoms with E-state index < -0.39 is 29.1 Å². The van der Waals surface area contributed by atoms with Crippen LogP contribution in [0.1, 0.15) is 26.3 Å². The highest BCUT2D eigenvalue weighted by atomic mass is 35.5. The molecule has 37 heavy (non-hydrogen) atoms. The number of carbonyl (C=O) groups is 4. The molecule has 190 valence electrons. The normalized spacial score (nSPS) is 20.7. The third-order valence-electron chi connectivity index (χ3n) is 6.63. The Balaban J connectivity index is 1.90. The lowest BCUT2D eigenvalue weighted by Gasteiger charge is -2.39. The molecule has 3 N–H and O–H groups in total. The number of nitrogens with one attached hydrogen (secondary N) is 1. The van der Waals surface area contributed by atoms with E-state index in [0.717, 1.165) is 4.90 Å². The van der Waals surface area contributed by atoms with Crippen LogP contribution in [-0.2, 0) is 29.3 Å². The van der Waals surface area contributed by atoms with Gasteiger partial charge in [-0.25, -0.2) is 4.79 Å². The van der Waals surface area contributed by atoms with E-state index in [0.29, 0.717) is 22.0 Å². The number of esters is 1. The second kappa shape index (κ2) is 8.77. The fourth-order valence-electron chi connectivity index (χ4n) is 5.28. The average molecular weight is 521 g/mol. The summed E-state index contributed by atoms with van der Waals surface area (Å²) < 4.78 is 5.37. The first-order valence-corrected chi connectivity index (χ1v) is 12.3. The fourth-order valence-corrected chi connectivity index (χ4v) is 5.45. The maximum Gasteiger partial charge on any atom is 0.339 e. The zero-order chi connectivity index (χ0) is 26.6. The van der Waals surface area contributed by atoms with Gasteiger partial charge in [-0.3, -0.25) is 24.2 Å². The van der Waals surface area contributed by atoms with Gasteiger partial charge < -0.3 is 15.8 Å². The Labute approximate surface area is 218 Å². The summed E-state index contributed by atoms with van der Waals surface area (Å²) in [7, 11) is 0. The van der Waals surface area contributed by atoms with Crippen LogP contribution in [0, 0.1) is 5.92 Å². The second-order valence-electron chi connectivity index (χ2n) is 9.38. The molecule has 3 heterocycles. The fraction of sp³-hybridized carbons (Fsp3) is 0.259. The quantitative estimate of drug-likeness (QED) is 0.459. The summed E-state index contributed by atoms with van der Waals surface area (Å²) in [6, 6.07) is 13.3. The molecule has 1 atom stereocenters. The summed E-state index contributed by atoms with van der Waals surface area (Å²) in [5, 5.41) is 3.09. The molecular formula is C27H25ClN4O5. The minimum absolute atomic E-state index is 0.00435. The zero-order valence-electron chi connectivity index (χ0n) is 20.5. The minimum Gasteiger partial charge on any atom is -0.462 e. The maximum absolute atomic E-state index is 14.1. The molecule has 3 aliphatic heterocycles.